The van der Waals surface area contributed by atoms with Gasteiger partial charge in [-0.1, -0.05) is 0 Å². The number of rotatable bonds is 5. The van der Waals surface area contributed by atoms with E-state index in [2.05, 4.69) is 4.90 Å². The van der Waals surface area contributed by atoms with E-state index in [0.29, 0.717) is 42.4 Å². The smallest absolute Gasteiger partial charge is 0.256 e. The van der Waals surface area contributed by atoms with Gasteiger partial charge in [0, 0.05) is 44.5 Å². The van der Waals surface area contributed by atoms with Gasteiger partial charge in [0.15, 0.2) is 11.5 Å². The first kappa shape index (κ1) is 16.4. The fourth-order valence-electron chi connectivity index (χ4n) is 2.57. The molecule has 0 unspecified atom stereocenters. The van der Waals surface area contributed by atoms with Crippen LogP contribution in [-0.2, 0) is 0 Å². The molecule has 0 aromatic heterocycles. The summed E-state index contributed by atoms with van der Waals surface area (Å²) in [4.78, 5) is 16.5. The monoisotopic (exact) mass is 309 g/mol. The van der Waals surface area contributed by atoms with E-state index in [1.54, 1.807) is 17.0 Å². The maximum absolute atomic E-state index is 12.6. The van der Waals surface area contributed by atoms with Crippen LogP contribution >= 0.6 is 0 Å². The topological polar surface area (TPSA) is 88.3 Å². The van der Waals surface area contributed by atoms with Crippen molar-refractivity contribution in [3.63, 3.8) is 0 Å². The average molecular weight is 309 g/mol. The Balaban J connectivity index is 2.13. The quantitative estimate of drug-likeness (QED) is 0.747. The molecule has 1 aliphatic rings. The summed E-state index contributed by atoms with van der Waals surface area (Å²) >= 11 is 0. The SMILES string of the molecule is COc1cc(N)c(C(=O)N2CCN(CCO)CC2)cc1OC. The van der Waals surface area contributed by atoms with Crippen molar-refractivity contribution in [1.82, 2.24) is 9.80 Å². The second-order valence-electron chi connectivity index (χ2n) is 5.15. The standard InChI is InChI=1S/C15H23N3O4/c1-21-13-9-11(12(16)10-14(13)22-2)15(20)18-5-3-17(4-6-18)7-8-19/h9-10,19H,3-8,16H2,1-2H3. The van der Waals surface area contributed by atoms with Crippen LogP contribution in [0.2, 0.25) is 0 Å². The molecule has 0 atom stereocenters. The summed E-state index contributed by atoms with van der Waals surface area (Å²) in [5, 5.41) is 8.95. The molecule has 0 spiro atoms. The van der Waals surface area contributed by atoms with E-state index in [9.17, 15) is 4.79 Å². The van der Waals surface area contributed by atoms with Crippen molar-refractivity contribution in [3.05, 3.63) is 17.7 Å². The summed E-state index contributed by atoms with van der Waals surface area (Å²) in [5.41, 5.74) is 6.78. The number of nitrogen functional groups attached to an aromatic ring is 1. The molecule has 3 N–H and O–H groups in total. The number of aliphatic hydroxyl groups is 1. The minimum atomic E-state index is -0.109. The Labute approximate surface area is 130 Å². The third-order valence-corrected chi connectivity index (χ3v) is 3.86. The fraction of sp³-hybridized carbons (Fsp3) is 0.533. The Morgan fingerprint density at radius 3 is 2.32 bits per heavy atom. The molecule has 1 fully saturated rings. The zero-order valence-electron chi connectivity index (χ0n) is 13.0. The molecule has 2 rings (SSSR count). The van der Waals surface area contributed by atoms with Crippen molar-refractivity contribution in [1.29, 1.82) is 0 Å². The summed E-state index contributed by atoms with van der Waals surface area (Å²) in [7, 11) is 3.05. The number of carbonyl (C=O) groups excluding carboxylic acids is 1. The molecule has 0 radical (unpaired) electrons. The Morgan fingerprint density at radius 2 is 1.77 bits per heavy atom. The molecule has 1 amide bonds. The van der Waals surface area contributed by atoms with Gasteiger partial charge in [-0.05, 0) is 6.07 Å². The van der Waals surface area contributed by atoms with Crippen LogP contribution in [0.5, 0.6) is 11.5 Å². The average Bonchev–Trinajstić information content (AvgIpc) is 2.55. The zero-order chi connectivity index (χ0) is 16.1. The maximum Gasteiger partial charge on any atom is 0.256 e. The molecule has 1 aliphatic heterocycles. The molecule has 7 nitrogen and oxygen atoms in total. The van der Waals surface area contributed by atoms with E-state index in [4.69, 9.17) is 20.3 Å². The number of nitrogens with two attached hydrogens (primary N) is 1. The van der Waals surface area contributed by atoms with Gasteiger partial charge in [-0.3, -0.25) is 9.69 Å². The van der Waals surface area contributed by atoms with Crippen LogP contribution in [0.15, 0.2) is 12.1 Å². The minimum Gasteiger partial charge on any atom is -0.493 e. The maximum atomic E-state index is 12.6. The van der Waals surface area contributed by atoms with Gasteiger partial charge in [-0.25, -0.2) is 0 Å². The lowest BCUT2D eigenvalue weighted by atomic mass is 10.1. The Hall–Kier alpha value is -1.99. The molecular formula is C15H23N3O4. The summed E-state index contributed by atoms with van der Waals surface area (Å²) in [5.74, 6) is 0.880. The second-order valence-corrected chi connectivity index (χ2v) is 5.15. The highest BCUT2D eigenvalue weighted by Gasteiger charge is 2.24. The number of methoxy groups -OCH3 is 2. The number of nitrogens with zero attached hydrogens (tertiary/aromatic N) is 2. The molecule has 1 heterocycles. The number of aliphatic hydroxyl groups excluding tert-OH is 1. The van der Waals surface area contributed by atoms with Crippen LogP contribution in [0.3, 0.4) is 0 Å². The van der Waals surface area contributed by atoms with Crippen LogP contribution in [-0.4, -0.2) is 74.4 Å². The first-order chi connectivity index (χ1) is 10.6. The van der Waals surface area contributed by atoms with E-state index in [0.717, 1.165) is 13.1 Å². The van der Waals surface area contributed by atoms with E-state index >= 15 is 0 Å². The molecule has 0 aliphatic carbocycles. The Morgan fingerprint density at radius 1 is 1.18 bits per heavy atom. The number of benzene rings is 1. The number of carbonyl (C=O) groups is 1. The van der Waals surface area contributed by atoms with Gasteiger partial charge in [0.05, 0.1) is 26.4 Å². The van der Waals surface area contributed by atoms with E-state index in [-0.39, 0.29) is 12.5 Å². The Kier molecular flexibility index (Phi) is 5.46. The summed E-state index contributed by atoms with van der Waals surface area (Å²) < 4.78 is 10.4. The van der Waals surface area contributed by atoms with Crippen molar-refractivity contribution < 1.29 is 19.4 Å². The lowest BCUT2D eigenvalue weighted by Gasteiger charge is -2.34. The van der Waals surface area contributed by atoms with Crippen LogP contribution in [0.25, 0.3) is 0 Å². The zero-order valence-corrected chi connectivity index (χ0v) is 13.0. The summed E-state index contributed by atoms with van der Waals surface area (Å²) in [6.45, 7) is 3.51. The number of piperazine rings is 1. The lowest BCUT2D eigenvalue weighted by Crippen LogP contribution is -2.49. The van der Waals surface area contributed by atoms with Crippen LogP contribution in [0, 0.1) is 0 Å². The molecule has 1 aromatic carbocycles. The van der Waals surface area contributed by atoms with Gasteiger partial charge in [-0.2, -0.15) is 0 Å². The Bertz CT molecular complexity index is 528. The summed E-state index contributed by atoms with van der Waals surface area (Å²) in [6, 6.07) is 3.23. The normalized spacial score (nSPS) is 15.7. The van der Waals surface area contributed by atoms with Crippen molar-refractivity contribution in [3.8, 4) is 11.5 Å². The van der Waals surface area contributed by atoms with Gasteiger partial charge in [0.25, 0.3) is 5.91 Å². The van der Waals surface area contributed by atoms with Crippen molar-refractivity contribution in [2.75, 3.05) is 59.3 Å². The number of ether oxygens (including phenoxy) is 2. The van der Waals surface area contributed by atoms with Crippen LogP contribution in [0.4, 0.5) is 5.69 Å². The summed E-state index contributed by atoms with van der Waals surface area (Å²) in [6.07, 6.45) is 0. The largest absolute Gasteiger partial charge is 0.493 e. The predicted molar refractivity (Wildman–Crippen MR) is 83.4 cm³/mol. The third kappa shape index (κ3) is 3.42. The number of β-amino-alcohol motifs (C(OH)–C–C–N with tert-alkyl or cyclic N) is 1. The first-order valence-electron chi connectivity index (χ1n) is 7.24. The number of hydrogen-bond acceptors (Lipinski definition) is 6. The van der Waals surface area contributed by atoms with E-state index < -0.39 is 0 Å². The fourth-order valence-corrected chi connectivity index (χ4v) is 2.57. The first-order valence-corrected chi connectivity index (χ1v) is 7.24. The number of amides is 1. The van der Waals surface area contributed by atoms with Crippen molar-refractivity contribution in [2.45, 2.75) is 0 Å². The highest BCUT2D eigenvalue weighted by molar-refractivity contribution is 6.00. The van der Waals surface area contributed by atoms with E-state index in [1.807, 2.05) is 0 Å². The molecule has 7 heteroatoms. The molecule has 1 aromatic rings. The third-order valence-electron chi connectivity index (χ3n) is 3.86. The van der Waals surface area contributed by atoms with Crippen LogP contribution < -0.4 is 15.2 Å². The molecule has 22 heavy (non-hydrogen) atoms. The molecule has 0 bridgehead atoms. The number of anilines is 1. The lowest BCUT2D eigenvalue weighted by molar-refractivity contribution is 0.0615. The van der Waals surface area contributed by atoms with Gasteiger partial charge < -0.3 is 25.2 Å². The number of hydrogen-bond donors (Lipinski definition) is 2. The van der Waals surface area contributed by atoms with Gasteiger partial charge in [0.1, 0.15) is 0 Å². The highest BCUT2D eigenvalue weighted by Crippen LogP contribution is 2.32. The predicted octanol–water partition coefficient (Wildman–Crippen LogP) is 0.0361. The van der Waals surface area contributed by atoms with Gasteiger partial charge >= 0.3 is 0 Å². The second kappa shape index (κ2) is 7.33. The molecule has 122 valence electrons. The highest BCUT2D eigenvalue weighted by atomic mass is 16.5. The van der Waals surface area contributed by atoms with Gasteiger partial charge in [-0.15, -0.1) is 0 Å². The van der Waals surface area contributed by atoms with Gasteiger partial charge in [0.2, 0.25) is 0 Å². The molecule has 0 saturated carbocycles. The van der Waals surface area contributed by atoms with Crippen molar-refractivity contribution in [2.24, 2.45) is 0 Å². The van der Waals surface area contributed by atoms with Crippen LogP contribution in [0.1, 0.15) is 10.4 Å². The molecular weight excluding hydrogens is 286 g/mol. The van der Waals surface area contributed by atoms with Crippen molar-refractivity contribution >= 4 is 11.6 Å². The minimum absolute atomic E-state index is 0.109. The molecule has 1 saturated heterocycles. The van der Waals surface area contributed by atoms with E-state index in [1.165, 1.54) is 14.2 Å².